The molecule has 1 amide bonds. The molecular weight excluding hydrogens is 258 g/mol. The van der Waals surface area contributed by atoms with E-state index in [9.17, 15) is 14.7 Å². The van der Waals surface area contributed by atoms with Gasteiger partial charge in [0.05, 0.1) is 0 Å². The minimum absolute atomic E-state index is 0.110. The number of carbonyl (C=O) groups is 2. The molecule has 106 valence electrons. The van der Waals surface area contributed by atoms with Gasteiger partial charge < -0.3 is 14.7 Å². The molecule has 0 unspecified atom stereocenters. The van der Waals surface area contributed by atoms with Gasteiger partial charge in [-0.2, -0.15) is 0 Å². The van der Waals surface area contributed by atoms with E-state index < -0.39 is 18.0 Å². The second kappa shape index (κ2) is 5.25. The number of benzene rings is 1. The van der Waals surface area contributed by atoms with Gasteiger partial charge in [-0.25, -0.2) is 0 Å². The number of carboxylic acids is 1. The average Bonchev–Trinajstić information content (AvgIpc) is 2.87. The molecule has 5 heteroatoms. The lowest BCUT2D eigenvalue weighted by Gasteiger charge is -2.27. The molecule has 0 radical (unpaired) electrons. The zero-order chi connectivity index (χ0) is 14.1. The molecule has 0 aliphatic carbocycles. The van der Waals surface area contributed by atoms with Gasteiger partial charge in [-0.15, -0.1) is 0 Å². The lowest BCUT2D eigenvalue weighted by molar-refractivity contribution is -0.138. The van der Waals surface area contributed by atoms with E-state index in [1.807, 2.05) is 6.07 Å². The number of rotatable bonds is 2. The zero-order valence-corrected chi connectivity index (χ0v) is 11.1. The van der Waals surface area contributed by atoms with Crippen molar-refractivity contribution in [2.75, 3.05) is 18.1 Å². The van der Waals surface area contributed by atoms with Crippen molar-refractivity contribution < 1.29 is 19.4 Å². The van der Waals surface area contributed by atoms with Gasteiger partial charge in [0.1, 0.15) is 12.0 Å². The molecule has 1 N–H and O–H groups in total. The molecule has 1 fully saturated rings. The van der Waals surface area contributed by atoms with Crippen molar-refractivity contribution in [2.45, 2.75) is 31.3 Å². The molecule has 1 aromatic carbocycles. The van der Waals surface area contributed by atoms with Crippen molar-refractivity contribution in [1.29, 1.82) is 0 Å². The summed E-state index contributed by atoms with van der Waals surface area (Å²) in [7, 11) is 0. The molecule has 0 saturated carbocycles. The Morgan fingerprint density at radius 1 is 1.25 bits per heavy atom. The summed E-state index contributed by atoms with van der Waals surface area (Å²) in [6, 6.07) is 7.22. The van der Waals surface area contributed by atoms with E-state index in [4.69, 9.17) is 4.74 Å². The molecule has 2 heterocycles. The van der Waals surface area contributed by atoms with Crippen molar-refractivity contribution in [2.24, 2.45) is 0 Å². The lowest BCUT2D eigenvalue weighted by atomic mass is 10.0. The second-order valence-corrected chi connectivity index (χ2v) is 5.25. The molecule has 2 aliphatic heterocycles. The van der Waals surface area contributed by atoms with Crippen LogP contribution in [0.2, 0.25) is 0 Å². The van der Waals surface area contributed by atoms with E-state index in [0.717, 1.165) is 19.3 Å². The SMILES string of the molecule is O=C(O)[C@H]1CN(C(=O)[C@@H]2CCCCO2)c2ccccc21. The summed E-state index contributed by atoms with van der Waals surface area (Å²) in [5.41, 5.74) is 1.42. The Labute approximate surface area is 117 Å². The molecule has 2 atom stereocenters. The highest BCUT2D eigenvalue weighted by molar-refractivity contribution is 6.01. The van der Waals surface area contributed by atoms with Gasteiger partial charge in [-0.1, -0.05) is 18.2 Å². The smallest absolute Gasteiger partial charge is 0.312 e. The maximum absolute atomic E-state index is 12.5. The third-order valence-electron chi connectivity index (χ3n) is 3.99. The number of aliphatic carboxylic acids is 1. The van der Waals surface area contributed by atoms with Crippen molar-refractivity contribution in [3.05, 3.63) is 29.8 Å². The number of hydrogen-bond donors (Lipinski definition) is 1. The summed E-state index contributed by atoms with van der Waals surface area (Å²) in [4.78, 5) is 25.5. The van der Waals surface area contributed by atoms with Gasteiger partial charge in [-0.05, 0) is 30.9 Å². The van der Waals surface area contributed by atoms with E-state index in [2.05, 4.69) is 0 Å². The van der Waals surface area contributed by atoms with Gasteiger partial charge in [-0.3, -0.25) is 9.59 Å². The predicted octanol–water partition coefficient (Wildman–Crippen LogP) is 1.77. The van der Waals surface area contributed by atoms with Gasteiger partial charge in [0.15, 0.2) is 0 Å². The van der Waals surface area contributed by atoms with Crippen LogP contribution in [0.3, 0.4) is 0 Å². The molecule has 20 heavy (non-hydrogen) atoms. The number of carboxylic acid groups (broad SMARTS) is 1. The first-order valence-corrected chi connectivity index (χ1v) is 6.93. The quantitative estimate of drug-likeness (QED) is 0.893. The summed E-state index contributed by atoms with van der Waals surface area (Å²) >= 11 is 0. The van der Waals surface area contributed by atoms with Crippen LogP contribution in [0, 0.1) is 0 Å². The summed E-state index contributed by atoms with van der Waals surface area (Å²) in [6.07, 6.45) is 2.26. The highest BCUT2D eigenvalue weighted by Crippen LogP contribution is 2.37. The van der Waals surface area contributed by atoms with Crippen LogP contribution in [0.4, 0.5) is 5.69 Å². The topological polar surface area (TPSA) is 66.8 Å². The number of nitrogens with zero attached hydrogens (tertiary/aromatic N) is 1. The molecule has 1 aromatic rings. The van der Waals surface area contributed by atoms with Crippen LogP contribution in [0.1, 0.15) is 30.7 Å². The minimum atomic E-state index is -0.891. The fourth-order valence-corrected chi connectivity index (χ4v) is 2.94. The van der Waals surface area contributed by atoms with Crippen molar-refractivity contribution in [3.63, 3.8) is 0 Å². The summed E-state index contributed by atoms with van der Waals surface area (Å²) in [6.45, 7) is 0.807. The molecule has 3 rings (SSSR count). The first-order valence-electron chi connectivity index (χ1n) is 6.93. The van der Waals surface area contributed by atoms with Crippen LogP contribution in [0.15, 0.2) is 24.3 Å². The van der Waals surface area contributed by atoms with E-state index in [1.165, 1.54) is 0 Å². The molecule has 0 spiro atoms. The van der Waals surface area contributed by atoms with Crippen LogP contribution in [0.25, 0.3) is 0 Å². The maximum atomic E-state index is 12.5. The molecule has 0 aromatic heterocycles. The number of para-hydroxylation sites is 1. The third kappa shape index (κ3) is 2.18. The number of ether oxygens (including phenoxy) is 1. The van der Waals surface area contributed by atoms with Crippen molar-refractivity contribution in [3.8, 4) is 0 Å². The second-order valence-electron chi connectivity index (χ2n) is 5.25. The summed E-state index contributed by atoms with van der Waals surface area (Å²) < 4.78 is 5.52. The van der Waals surface area contributed by atoms with Gasteiger partial charge in [0.2, 0.25) is 0 Å². The van der Waals surface area contributed by atoms with Crippen LogP contribution in [-0.4, -0.2) is 36.2 Å². The zero-order valence-electron chi connectivity index (χ0n) is 11.1. The highest BCUT2D eigenvalue weighted by Gasteiger charge is 2.39. The van der Waals surface area contributed by atoms with Crippen LogP contribution in [-0.2, 0) is 14.3 Å². The summed E-state index contributed by atoms with van der Waals surface area (Å²) in [5.74, 6) is -1.64. The van der Waals surface area contributed by atoms with Gasteiger partial charge in [0, 0.05) is 18.8 Å². The Morgan fingerprint density at radius 3 is 2.75 bits per heavy atom. The largest absolute Gasteiger partial charge is 0.481 e. The van der Waals surface area contributed by atoms with E-state index in [-0.39, 0.29) is 12.5 Å². The highest BCUT2D eigenvalue weighted by atomic mass is 16.5. The van der Waals surface area contributed by atoms with Gasteiger partial charge in [0.25, 0.3) is 5.91 Å². The van der Waals surface area contributed by atoms with Crippen LogP contribution >= 0.6 is 0 Å². The predicted molar refractivity (Wildman–Crippen MR) is 72.8 cm³/mol. The first kappa shape index (κ1) is 13.1. The van der Waals surface area contributed by atoms with E-state index in [1.54, 1.807) is 23.1 Å². The Morgan fingerprint density at radius 2 is 2.05 bits per heavy atom. The maximum Gasteiger partial charge on any atom is 0.312 e. The van der Waals surface area contributed by atoms with E-state index >= 15 is 0 Å². The molecule has 1 saturated heterocycles. The monoisotopic (exact) mass is 275 g/mol. The third-order valence-corrected chi connectivity index (χ3v) is 3.99. The number of anilines is 1. The Balaban J connectivity index is 1.87. The van der Waals surface area contributed by atoms with Gasteiger partial charge >= 0.3 is 5.97 Å². The Kier molecular flexibility index (Phi) is 3.44. The minimum Gasteiger partial charge on any atom is -0.481 e. The van der Waals surface area contributed by atoms with E-state index in [0.29, 0.717) is 17.9 Å². The Bertz CT molecular complexity index is 536. The molecule has 0 bridgehead atoms. The van der Waals surface area contributed by atoms with Crippen LogP contribution < -0.4 is 4.90 Å². The molecule has 5 nitrogen and oxygen atoms in total. The Hall–Kier alpha value is -1.88. The van der Waals surface area contributed by atoms with Crippen LogP contribution in [0.5, 0.6) is 0 Å². The average molecular weight is 275 g/mol. The fraction of sp³-hybridized carbons (Fsp3) is 0.467. The van der Waals surface area contributed by atoms with Crippen molar-refractivity contribution in [1.82, 2.24) is 0 Å². The van der Waals surface area contributed by atoms with Crippen molar-refractivity contribution >= 4 is 17.6 Å². The first-order chi connectivity index (χ1) is 9.68. The number of fused-ring (bicyclic) bond motifs is 1. The molecular formula is C15H17NO4. The normalized spacial score (nSPS) is 25.3. The summed E-state index contributed by atoms with van der Waals surface area (Å²) in [5, 5.41) is 9.30. The molecule has 2 aliphatic rings. The number of hydrogen-bond acceptors (Lipinski definition) is 3. The lowest BCUT2D eigenvalue weighted by Crippen LogP contribution is -2.41. The fourth-order valence-electron chi connectivity index (χ4n) is 2.94. The standard InChI is InChI=1S/C15H17NO4/c17-14(13-7-3-4-8-20-13)16-9-11(15(18)19)10-5-1-2-6-12(10)16/h1-2,5-6,11,13H,3-4,7-9H2,(H,18,19)/t11-,13-/m0/s1. The number of amides is 1. The number of carbonyl (C=O) groups excluding carboxylic acids is 1.